The lowest BCUT2D eigenvalue weighted by Gasteiger charge is -2.36. The number of hydrogen-bond acceptors (Lipinski definition) is 11. The SMILES string of the molecule is Cc1nc(CS(=O)(=O)Nc2c(F)ccc3c(Oc4ncccc4-c4ccnc(NC5CC(F)CN(C(=O)OC(C)(C)C)C5)n4)c(C)ccc23)cs1. The van der Waals surface area contributed by atoms with Gasteiger partial charge in [-0.3, -0.25) is 4.72 Å². The lowest BCUT2D eigenvalue weighted by Crippen LogP contribution is -2.51. The number of ether oxygens (including phenoxy) is 2. The third kappa shape index (κ3) is 8.68. The molecular weight excluding hydrogens is 701 g/mol. The Hall–Kier alpha value is -4.96. The molecule has 1 saturated heterocycles. The average molecular weight is 738 g/mol. The van der Waals surface area contributed by atoms with Gasteiger partial charge in [0.2, 0.25) is 21.9 Å². The number of anilines is 2. The second-order valence-electron chi connectivity index (χ2n) is 13.2. The Bertz CT molecular complexity index is 2190. The van der Waals surface area contributed by atoms with E-state index >= 15 is 4.39 Å². The van der Waals surface area contributed by atoms with Crippen molar-refractivity contribution < 1.29 is 31.5 Å². The molecule has 268 valence electrons. The molecule has 1 aliphatic rings. The van der Waals surface area contributed by atoms with Gasteiger partial charge in [-0.2, -0.15) is 0 Å². The number of hydrogen-bond donors (Lipinski definition) is 2. The molecule has 0 bridgehead atoms. The molecule has 2 aromatic carbocycles. The first-order valence-corrected chi connectivity index (χ1v) is 18.7. The monoisotopic (exact) mass is 737 g/mol. The van der Waals surface area contributed by atoms with Gasteiger partial charge < -0.3 is 19.7 Å². The molecule has 1 fully saturated rings. The standard InChI is InChI=1S/C35H37F2N7O5S2/c1-20-8-9-25-26(10-11-28(37)30(25)43-51(46,47)19-24-18-50-21(2)40-24)31(20)48-32-27(7-6-13-38-32)29-12-14-39-33(42-29)41-23-15-22(36)16-44(17-23)34(45)49-35(3,4)5/h6-14,18,22-23,43H,15-17,19H2,1-5H3,(H,39,41,42). The Morgan fingerprint density at radius 1 is 1.04 bits per heavy atom. The molecule has 2 atom stereocenters. The molecule has 1 aliphatic heterocycles. The molecule has 0 spiro atoms. The molecule has 0 radical (unpaired) electrons. The molecule has 1 amide bonds. The first-order chi connectivity index (χ1) is 24.1. The summed E-state index contributed by atoms with van der Waals surface area (Å²) >= 11 is 1.33. The van der Waals surface area contributed by atoms with Crippen molar-refractivity contribution in [1.29, 1.82) is 0 Å². The van der Waals surface area contributed by atoms with Crippen LogP contribution in [0.5, 0.6) is 11.6 Å². The maximum atomic E-state index is 15.2. The average Bonchev–Trinajstić information content (AvgIpc) is 3.46. The molecular formula is C35H37F2N7O5S2. The number of pyridine rings is 1. The Morgan fingerprint density at radius 3 is 2.57 bits per heavy atom. The van der Waals surface area contributed by atoms with Crippen molar-refractivity contribution in [1.82, 2.24) is 24.8 Å². The van der Waals surface area contributed by atoms with Crippen molar-refractivity contribution in [2.45, 2.75) is 64.6 Å². The first kappa shape index (κ1) is 35.9. The molecule has 51 heavy (non-hydrogen) atoms. The van der Waals surface area contributed by atoms with Crippen LogP contribution in [0.2, 0.25) is 0 Å². The summed E-state index contributed by atoms with van der Waals surface area (Å²) in [6.45, 7) is 8.98. The lowest BCUT2D eigenvalue weighted by molar-refractivity contribution is 0.0124. The molecule has 3 aromatic heterocycles. The van der Waals surface area contributed by atoms with Crippen molar-refractivity contribution in [3.8, 4) is 22.9 Å². The van der Waals surface area contributed by atoms with Crippen LogP contribution in [0.4, 0.5) is 25.2 Å². The van der Waals surface area contributed by atoms with Crippen molar-refractivity contribution in [2.24, 2.45) is 0 Å². The number of amides is 1. The lowest BCUT2D eigenvalue weighted by atomic mass is 10.0. The van der Waals surface area contributed by atoms with Crippen molar-refractivity contribution in [3.05, 3.63) is 82.3 Å². The molecule has 12 nitrogen and oxygen atoms in total. The van der Waals surface area contributed by atoms with Crippen molar-refractivity contribution in [3.63, 3.8) is 0 Å². The maximum Gasteiger partial charge on any atom is 0.410 e. The topological polar surface area (TPSA) is 149 Å². The van der Waals surface area contributed by atoms with Gasteiger partial charge in [0.25, 0.3) is 0 Å². The second kappa shape index (κ2) is 14.3. The smallest absolute Gasteiger partial charge is 0.410 e. The molecule has 2 N–H and O–H groups in total. The molecule has 6 rings (SSSR count). The van der Waals surface area contributed by atoms with E-state index in [-0.39, 0.29) is 37.0 Å². The minimum absolute atomic E-state index is 0.0652. The Morgan fingerprint density at radius 2 is 1.82 bits per heavy atom. The molecule has 0 saturated carbocycles. The van der Waals surface area contributed by atoms with E-state index in [9.17, 15) is 17.6 Å². The summed E-state index contributed by atoms with van der Waals surface area (Å²) in [6.07, 6.45) is 1.39. The minimum atomic E-state index is -4.01. The van der Waals surface area contributed by atoms with Crippen LogP contribution in [0.15, 0.2) is 60.2 Å². The van der Waals surface area contributed by atoms with Gasteiger partial charge in [-0.1, -0.05) is 12.1 Å². The Kier molecular flexibility index (Phi) is 10.1. The van der Waals surface area contributed by atoms with Gasteiger partial charge in [-0.05, 0) is 70.5 Å². The highest BCUT2D eigenvalue weighted by molar-refractivity contribution is 7.91. The number of nitrogens with one attached hydrogen (secondary N) is 2. The van der Waals surface area contributed by atoms with E-state index < -0.39 is 45.5 Å². The Balaban J connectivity index is 1.26. The number of halogens is 2. The van der Waals surface area contributed by atoms with Crippen LogP contribution in [0, 0.1) is 19.7 Å². The highest BCUT2D eigenvalue weighted by Crippen LogP contribution is 2.40. The third-order valence-corrected chi connectivity index (χ3v) is 9.86. The zero-order chi connectivity index (χ0) is 36.5. The third-order valence-electron chi connectivity index (χ3n) is 7.85. The predicted molar refractivity (Wildman–Crippen MR) is 192 cm³/mol. The van der Waals surface area contributed by atoms with Crippen LogP contribution in [0.25, 0.3) is 22.0 Å². The van der Waals surface area contributed by atoms with Crippen molar-refractivity contribution >= 4 is 49.9 Å². The summed E-state index contributed by atoms with van der Waals surface area (Å²) < 4.78 is 70.4. The summed E-state index contributed by atoms with van der Waals surface area (Å²) in [7, 11) is -4.01. The first-order valence-electron chi connectivity index (χ1n) is 16.1. The number of thiazole rings is 1. The van der Waals surface area contributed by atoms with Crippen LogP contribution in [0.1, 0.15) is 43.5 Å². The Labute approximate surface area is 298 Å². The highest BCUT2D eigenvalue weighted by atomic mass is 32.2. The van der Waals surface area contributed by atoms with Crippen LogP contribution < -0.4 is 14.8 Å². The van der Waals surface area contributed by atoms with E-state index in [0.29, 0.717) is 39.0 Å². The normalized spacial score (nSPS) is 16.6. The number of carbonyl (C=O) groups is 1. The molecule has 2 unspecified atom stereocenters. The number of rotatable bonds is 9. The van der Waals surface area contributed by atoms with Gasteiger partial charge in [0.05, 0.1) is 34.2 Å². The number of nitrogens with zero attached hydrogens (tertiary/aromatic N) is 5. The van der Waals surface area contributed by atoms with Gasteiger partial charge >= 0.3 is 6.09 Å². The quantitative estimate of drug-likeness (QED) is 0.157. The molecule has 5 aromatic rings. The number of aryl methyl sites for hydroxylation is 2. The number of aromatic nitrogens is 4. The fourth-order valence-corrected chi connectivity index (χ4v) is 7.55. The van der Waals surface area contributed by atoms with E-state index in [1.165, 1.54) is 28.4 Å². The van der Waals surface area contributed by atoms with E-state index in [4.69, 9.17) is 9.47 Å². The van der Waals surface area contributed by atoms with Crippen LogP contribution in [-0.4, -0.2) is 70.3 Å². The number of benzene rings is 2. The van der Waals surface area contributed by atoms with Gasteiger partial charge in [0, 0.05) is 47.6 Å². The summed E-state index contributed by atoms with van der Waals surface area (Å²) in [4.78, 5) is 31.6. The zero-order valence-electron chi connectivity index (χ0n) is 28.6. The van der Waals surface area contributed by atoms with E-state index in [1.807, 2.05) is 6.92 Å². The molecule has 4 heterocycles. The largest absolute Gasteiger partial charge is 0.444 e. The van der Waals surface area contributed by atoms with E-state index in [1.54, 1.807) is 75.8 Å². The van der Waals surface area contributed by atoms with E-state index in [0.717, 1.165) is 5.01 Å². The van der Waals surface area contributed by atoms with Crippen LogP contribution >= 0.6 is 11.3 Å². The summed E-state index contributed by atoms with van der Waals surface area (Å²) in [5, 5.41) is 6.27. The fraction of sp³-hybridized carbons (Fsp3) is 0.343. The van der Waals surface area contributed by atoms with Gasteiger partial charge in [-0.15, -0.1) is 11.3 Å². The number of piperidine rings is 1. The van der Waals surface area contributed by atoms with Crippen molar-refractivity contribution in [2.75, 3.05) is 23.1 Å². The number of fused-ring (bicyclic) bond motifs is 1. The number of likely N-dealkylation sites (tertiary alicyclic amines) is 1. The van der Waals surface area contributed by atoms with Crippen LogP contribution in [-0.2, 0) is 20.5 Å². The summed E-state index contributed by atoms with van der Waals surface area (Å²) in [5.74, 6) is -0.421. The summed E-state index contributed by atoms with van der Waals surface area (Å²) in [5.41, 5.74) is 1.08. The van der Waals surface area contributed by atoms with Crippen LogP contribution in [0.3, 0.4) is 0 Å². The number of carbonyl (C=O) groups excluding carboxylic acids is 1. The predicted octanol–water partition coefficient (Wildman–Crippen LogP) is 7.40. The highest BCUT2D eigenvalue weighted by Gasteiger charge is 2.33. The van der Waals surface area contributed by atoms with Gasteiger partial charge in [0.15, 0.2) is 0 Å². The number of alkyl halides is 1. The van der Waals surface area contributed by atoms with E-state index in [2.05, 4.69) is 30.0 Å². The molecule has 0 aliphatic carbocycles. The van der Waals surface area contributed by atoms with Gasteiger partial charge in [0.1, 0.15) is 29.1 Å². The minimum Gasteiger partial charge on any atom is -0.444 e. The zero-order valence-corrected chi connectivity index (χ0v) is 30.2. The summed E-state index contributed by atoms with van der Waals surface area (Å²) in [6, 6.07) is 10.7. The number of sulfonamides is 1. The maximum absolute atomic E-state index is 15.2. The van der Waals surface area contributed by atoms with Gasteiger partial charge in [-0.25, -0.2) is 41.9 Å². The molecule has 16 heteroatoms. The fourth-order valence-electron chi connectivity index (χ4n) is 5.70. The second-order valence-corrected chi connectivity index (χ2v) is 16.0.